The van der Waals surface area contributed by atoms with Gasteiger partial charge in [-0.05, 0) is 30.8 Å². The number of likely N-dealkylation sites (N-methyl/N-ethyl adjacent to an activating group) is 1. The molecule has 2 aliphatic heterocycles. The molecule has 1 aromatic carbocycles. The van der Waals surface area contributed by atoms with E-state index in [0.29, 0.717) is 40.4 Å². The number of benzene rings is 1. The van der Waals surface area contributed by atoms with Crippen LogP contribution in [0.25, 0.3) is 11.6 Å². The summed E-state index contributed by atoms with van der Waals surface area (Å²) >= 11 is 13.2. The van der Waals surface area contributed by atoms with Crippen LogP contribution in [0, 0.1) is 0 Å². The van der Waals surface area contributed by atoms with Crippen molar-refractivity contribution in [2.24, 2.45) is 0 Å². The van der Waals surface area contributed by atoms with Gasteiger partial charge in [-0.3, -0.25) is 19.4 Å². The van der Waals surface area contributed by atoms with E-state index >= 15 is 0 Å². The number of nitrogens with two attached hydrogens (primary N) is 1. The lowest BCUT2D eigenvalue weighted by atomic mass is 10.1. The van der Waals surface area contributed by atoms with Crippen LogP contribution in [-0.4, -0.2) is 104 Å². The molecule has 4 N–H and O–H groups in total. The monoisotopic (exact) mass is 644 g/mol. The number of hydrogen-bond acceptors (Lipinski definition) is 10. The first-order valence-electron chi connectivity index (χ1n) is 13.9. The van der Waals surface area contributed by atoms with Crippen LogP contribution < -0.4 is 30.2 Å². The highest BCUT2D eigenvalue weighted by atomic mass is 35.5. The zero-order valence-electron chi connectivity index (χ0n) is 24.9. The van der Waals surface area contributed by atoms with Crippen LogP contribution in [0.3, 0.4) is 0 Å². The normalized spacial score (nSPS) is 16.4. The van der Waals surface area contributed by atoms with E-state index in [2.05, 4.69) is 37.1 Å². The minimum Gasteiger partial charge on any atom is -0.493 e. The number of ether oxygens (including phenoxy) is 3. The Bertz CT molecular complexity index is 1600. The van der Waals surface area contributed by atoms with E-state index in [1.807, 2.05) is 0 Å². The smallest absolute Gasteiger partial charge is 0.260 e. The van der Waals surface area contributed by atoms with Crippen molar-refractivity contribution in [2.45, 2.75) is 6.54 Å². The zero-order valence-corrected chi connectivity index (χ0v) is 26.4. The molecule has 44 heavy (non-hydrogen) atoms. The predicted molar refractivity (Wildman–Crippen MR) is 169 cm³/mol. The number of carbonyl (C=O) groups excluding carboxylic acids is 2. The third-order valence-electron chi connectivity index (χ3n) is 7.61. The highest BCUT2D eigenvalue weighted by molar-refractivity contribution is 6.41. The molecule has 13 nitrogen and oxygen atoms in total. The van der Waals surface area contributed by atoms with Gasteiger partial charge in [0.2, 0.25) is 11.7 Å². The number of nitrogens with one attached hydrogen (secondary N) is 2. The largest absolute Gasteiger partial charge is 0.493 e. The van der Waals surface area contributed by atoms with Gasteiger partial charge >= 0.3 is 0 Å². The molecule has 3 aromatic rings. The number of piperazine rings is 1. The topological polar surface area (TPSA) is 151 Å². The van der Waals surface area contributed by atoms with E-state index in [9.17, 15) is 9.59 Å². The second kappa shape index (κ2) is 13.3. The summed E-state index contributed by atoms with van der Waals surface area (Å²) in [4.78, 5) is 44.2. The lowest BCUT2D eigenvalue weighted by Crippen LogP contribution is -2.46. The average Bonchev–Trinajstić information content (AvgIpc) is 3.57. The molecule has 5 rings (SSSR count). The Balaban J connectivity index is 1.39. The summed E-state index contributed by atoms with van der Waals surface area (Å²) in [6.07, 6.45) is 3.19. The van der Waals surface area contributed by atoms with E-state index in [4.69, 9.17) is 43.1 Å². The number of hydrogen-bond donors (Lipinski definition) is 3. The zero-order chi connectivity index (χ0) is 31.5. The lowest BCUT2D eigenvalue weighted by Gasteiger charge is -2.32. The molecule has 0 radical (unpaired) electrons. The maximum Gasteiger partial charge on any atom is 0.260 e. The van der Waals surface area contributed by atoms with E-state index in [1.165, 1.54) is 26.2 Å². The summed E-state index contributed by atoms with van der Waals surface area (Å²) in [5.41, 5.74) is 7.90. The van der Waals surface area contributed by atoms with Gasteiger partial charge in [0.1, 0.15) is 5.15 Å². The molecular weight excluding hydrogens is 611 g/mol. The lowest BCUT2D eigenvalue weighted by molar-refractivity contribution is -0.113. The van der Waals surface area contributed by atoms with Gasteiger partial charge in [0.15, 0.2) is 17.3 Å². The van der Waals surface area contributed by atoms with Crippen molar-refractivity contribution in [2.75, 3.05) is 78.3 Å². The SMILES string of the molecule is COc1cc(CN2C(=O)C(=Cc3cc(C(=O)NCCN4CCN(C)CC4)c[nH]3)c3c(Cl)nc(N)nc32)c(Cl)c(OC)c1OC. The molecule has 1 saturated heterocycles. The maximum absolute atomic E-state index is 13.9. The standard InChI is InChI=1S/C29H34Cl2N8O5/c1-37-7-9-38(10-8-37)6-5-33-27(40)16-11-18(34-14-16)13-19-21-25(31)35-29(32)36-26(21)39(28(19)41)15-17-12-20(42-2)23(43-3)24(44-4)22(17)30/h11-14,34H,5-10,15H2,1-4H3,(H,33,40)(H2,32,35,36). The van der Waals surface area contributed by atoms with Crippen LogP contribution in [0.4, 0.5) is 11.8 Å². The quantitative estimate of drug-likeness (QED) is 0.222. The Kier molecular flexibility index (Phi) is 9.49. The summed E-state index contributed by atoms with van der Waals surface area (Å²) in [5.74, 6) is 0.430. The first-order valence-corrected chi connectivity index (χ1v) is 14.6. The summed E-state index contributed by atoms with van der Waals surface area (Å²) in [7, 11) is 6.52. The summed E-state index contributed by atoms with van der Waals surface area (Å²) in [6.45, 7) is 5.27. The number of halogens is 2. The average molecular weight is 646 g/mol. The number of H-pyrrole nitrogens is 1. The molecule has 0 bridgehead atoms. The maximum atomic E-state index is 13.9. The molecule has 2 aliphatic rings. The van der Waals surface area contributed by atoms with Gasteiger partial charge < -0.3 is 35.1 Å². The van der Waals surface area contributed by atoms with Crippen molar-refractivity contribution in [3.8, 4) is 17.2 Å². The van der Waals surface area contributed by atoms with Crippen LogP contribution in [-0.2, 0) is 11.3 Å². The van der Waals surface area contributed by atoms with Gasteiger partial charge in [-0.15, -0.1) is 0 Å². The number of fused-ring (bicyclic) bond motifs is 1. The van der Waals surface area contributed by atoms with Crippen molar-refractivity contribution in [1.29, 1.82) is 0 Å². The molecule has 0 spiro atoms. The van der Waals surface area contributed by atoms with Gasteiger partial charge in [-0.2, -0.15) is 4.98 Å². The van der Waals surface area contributed by atoms with E-state index in [0.717, 1.165) is 32.7 Å². The van der Waals surface area contributed by atoms with Crippen molar-refractivity contribution in [3.05, 3.63) is 50.9 Å². The molecule has 1 fully saturated rings. The highest BCUT2D eigenvalue weighted by Gasteiger charge is 2.38. The van der Waals surface area contributed by atoms with Crippen molar-refractivity contribution >= 4 is 58.4 Å². The van der Waals surface area contributed by atoms with Crippen molar-refractivity contribution < 1.29 is 23.8 Å². The van der Waals surface area contributed by atoms with Crippen LogP contribution >= 0.6 is 23.2 Å². The number of carbonyl (C=O) groups is 2. The van der Waals surface area contributed by atoms with Crippen LogP contribution in [0.5, 0.6) is 17.2 Å². The molecule has 234 valence electrons. The van der Waals surface area contributed by atoms with Gasteiger partial charge in [-0.1, -0.05) is 23.2 Å². The fourth-order valence-corrected chi connectivity index (χ4v) is 5.78. The Labute approximate surface area is 264 Å². The number of aromatic nitrogens is 3. The number of aromatic amines is 1. The van der Waals surface area contributed by atoms with Gasteiger partial charge in [-0.25, -0.2) is 4.98 Å². The number of amides is 2. The van der Waals surface area contributed by atoms with Crippen molar-refractivity contribution in [1.82, 2.24) is 30.1 Å². The van der Waals surface area contributed by atoms with Crippen LogP contribution in [0.2, 0.25) is 10.2 Å². The molecule has 0 unspecified atom stereocenters. The predicted octanol–water partition coefficient (Wildman–Crippen LogP) is 2.78. The Hall–Kier alpha value is -4.04. The fraction of sp³-hybridized carbons (Fsp3) is 0.379. The first-order chi connectivity index (χ1) is 21.1. The van der Waals surface area contributed by atoms with Gasteiger partial charge in [0.05, 0.1) is 49.6 Å². The number of nitrogen functional groups attached to an aromatic ring is 1. The third kappa shape index (κ3) is 6.27. The summed E-state index contributed by atoms with van der Waals surface area (Å²) in [6, 6.07) is 3.32. The second-order valence-corrected chi connectivity index (χ2v) is 11.1. The minimum absolute atomic E-state index is 0.0130. The minimum atomic E-state index is -0.417. The Morgan fingerprint density at radius 3 is 2.50 bits per heavy atom. The van der Waals surface area contributed by atoms with E-state index in [1.54, 1.807) is 24.4 Å². The number of nitrogens with zero attached hydrogens (tertiary/aromatic N) is 5. The Morgan fingerprint density at radius 1 is 1.09 bits per heavy atom. The number of rotatable bonds is 10. The molecule has 4 heterocycles. The number of anilines is 2. The molecule has 2 amide bonds. The van der Waals surface area contributed by atoms with E-state index < -0.39 is 5.91 Å². The highest BCUT2D eigenvalue weighted by Crippen LogP contribution is 2.47. The van der Waals surface area contributed by atoms with Gasteiger partial charge in [0.25, 0.3) is 11.8 Å². The first kappa shape index (κ1) is 31.4. The van der Waals surface area contributed by atoms with Crippen LogP contribution in [0.1, 0.15) is 27.2 Å². The Morgan fingerprint density at radius 2 is 1.82 bits per heavy atom. The van der Waals surface area contributed by atoms with Crippen LogP contribution in [0.15, 0.2) is 18.3 Å². The molecular formula is C29H34Cl2N8O5. The third-order valence-corrected chi connectivity index (χ3v) is 8.30. The fourth-order valence-electron chi connectivity index (χ4n) is 5.23. The number of methoxy groups -OCH3 is 3. The second-order valence-electron chi connectivity index (χ2n) is 10.4. The molecule has 0 atom stereocenters. The molecule has 15 heteroatoms. The molecule has 2 aromatic heterocycles. The summed E-state index contributed by atoms with van der Waals surface area (Å²) in [5, 5.41) is 3.21. The molecule has 0 saturated carbocycles. The summed E-state index contributed by atoms with van der Waals surface area (Å²) < 4.78 is 16.4. The van der Waals surface area contributed by atoms with E-state index in [-0.39, 0.29) is 45.7 Å². The molecule has 0 aliphatic carbocycles. The van der Waals surface area contributed by atoms with Crippen molar-refractivity contribution in [3.63, 3.8) is 0 Å². The van der Waals surface area contributed by atoms with Gasteiger partial charge in [0, 0.05) is 51.2 Å².